The van der Waals surface area contributed by atoms with Gasteiger partial charge in [0.25, 0.3) is 0 Å². The number of likely N-dealkylation sites (N-methyl/N-ethyl adjacent to an activating group) is 1. The number of nitrogens with zero attached hydrogens (tertiary/aromatic N) is 3. The van der Waals surface area contributed by atoms with Crippen LogP contribution in [0.1, 0.15) is 26.1 Å². The summed E-state index contributed by atoms with van der Waals surface area (Å²) in [5, 5.41) is 12.4. The number of aliphatic hydroxyl groups excluding tert-OH is 1. The van der Waals surface area contributed by atoms with Crippen molar-refractivity contribution in [1.29, 1.82) is 0 Å². The van der Waals surface area contributed by atoms with E-state index in [9.17, 15) is 0 Å². The molecule has 0 saturated carbocycles. The molecule has 1 heterocycles. The van der Waals surface area contributed by atoms with Gasteiger partial charge in [-0.3, -0.25) is 0 Å². The fraction of sp³-hybridized carbons (Fsp3) is 0.667. The van der Waals surface area contributed by atoms with Crippen molar-refractivity contribution in [2.45, 2.75) is 33.2 Å². The van der Waals surface area contributed by atoms with Crippen molar-refractivity contribution in [3.63, 3.8) is 0 Å². The Morgan fingerprint density at radius 3 is 2.76 bits per heavy atom. The molecule has 1 aromatic heterocycles. The molecule has 5 heteroatoms. The van der Waals surface area contributed by atoms with Crippen molar-refractivity contribution in [3.8, 4) is 0 Å². The average Bonchev–Trinajstić information content (AvgIpc) is 2.33. The van der Waals surface area contributed by atoms with Gasteiger partial charge in [0, 0.05) is 19.7 Å². The lowest BCUT2D eigenvalue weighted by atomic mass is 10.3. The lowest BCUT2D eigenvalue weighted by Gasteiger charge is -2.24. The van der Waals surface area contributed by atoms with Crippen LogP contribution in [0.3, 0.4) is 0 Å². The van der Waals surface area contributed by atoms with Crippen LogP contribution in [-0.4, -0.2) is 41.3 Å². The summed E-state index contributed by atoms with van der Waals surface area (Å²) in [6.07, 6.45) is 1.06. The Labute approximate surface area is 103 Å². The van der Waals surface area contributed by atoms with Crippen molar-refractivity contribution in [2.75, 3.05) is 30.4 Å². The summed E-state index contributed by atoms with van der Waals surface area (Å²) < 4.78 is 0. The molecule has 0 aliphatic rings. The Morgan fingerprint density at radius 1 is 1.47 bits per heavy atom. The van der Waals surface area contributed by atoms with E-state index >= 15 is 0 Å². The minimum Gasteiger partial charge on any atom is -0.394 e. The van der Waals surface area contributed by atoms with Crippen molar-refractivity contribution < 1.29 is 5.11 Å². The molecule has 2 N–H and O–H groups in total. The molecule has 0 radical (unpaired) electrons. The van der Waals surface area contributed by atoms with Gasteiger partial charge in [-0.15, -0.1) is 0 Å². The van der Waals surface area contributed by atoms with E-state index in [1.54, 1.807) is 0 Å². The van der Waals surface area contributed by atoms with Crippen LogP contribution in [0.4, 0.5) is 11.6 Å². The predicted molar refractivity (Wildman–Crippen MR) is 70.5 cm³/mol. The maximum Gasteiger partial charge on any atom is 0.134 e. The van der Waals surface area contributed by atoms with E-state index in [1.807, 2.05) is 31.9 Å². The monoisotopic (exact) mass is 238 g/mol. The van der Waals surface area contributed by atoms with E-state index in [0.717, 1.165) is 30.4 Å². The summed E-state index contributed by atoms with van der Waals surface area (Å²) in [6.45, 7) is 6.95. The fourth-order valence-electron chi connectivity index (χ4n) is 1.42. The van der Waals surface area contributed by atoms with Gasteiger partial charge in [0.2, 0.25) is 0 Å². The maximum absolute atomic E-state index is 9.15. The number of hydrogen-bond acceptors (Lipinski definition) is 5. The van der Waals surface area contributed by atoms with Gasteiger partial charge >= 0.3 is 0 Å². The zero-order chi connectivity index (χ0) is 12.8. The molecular formula is C12H22N4O. The second-order valence-corrected chi connectivity index (χ2v) is 4.23. The second kappa shape index (κ2) is 6.39. The number of aliphatic hydroxyl groups is 1. The zero-order valence-electron chi connectivity index (χ0n) is 11.1. The van der Waals surface area contributed by atoms with Gasteiger partial charge in [0.15, 0.2) is 0 Å². The van der Waals surface area contributed by atoms with Crippen LogP contribution < -0.4 is 10.2 Å². The highest BCUT2D eigenvalue weighted by molar-refractivity contribution is 5.49. The molecule has 0 aliphatic heterocycles. The highest BCUT2D eigenvalue weighted by Gasteiger charge is 2.11. The number of hydrogen-bond donors (Lipinski definition) is 2. The van der Waals surface area contributed by atoms with E-state index in [1.165, 1.54) is 0 Å². The van der Waals surface area contributed by atoms with E-state index in [2.05, 4.69) is 22.2 Å². The summed E-state index contributed by atoms with van der Waals surface area (Å²) in [5.74, 6) is 2.40. The van der Waals surface area contributed by atoms with Crippen molar-refractivity contribution in [2.24, 2.45) is 0 Å². The Balaban J connectivity index is 2.88. The quantitative estimate of drug-likeness (QED) is 0.785. The summed E-state index contributed by atoms with van der Waals surface area (Å²) >= 11 is 0. The molecule has 1 rings (SSSR count). The molecule has 0 bridgehead atoms. The van der Waals surface area contributed by atoms with Gasteiger partial charge in [0.05, 0.1) is 12.6 Å². The van der Waals surface area contributed by atoms with Crippen LogP contribution in [0.5, 0.6) is 0 Å². The zero-order valence-corrected chi connectivity index (χ0v) is 11.1. The van der Waals surface area contributed by atoms with E-state index in [4.69, 9.17) is 5.11 Å². The van der Waals surface area contributed by atoms with Gasteiger partial charge in [-0.05, 0) is 20.3 Å². The first-order chi connectivity index (χ1) is 8.08. The van der Waals surface area contributed by atoms with Gasteiger partial charge in [-0.1, -0.05) is 6.92 Å². The van der Waals surface area contributed by atoms with Crippen LogP contribution in [0.25, 0.3) is 0 Å². The lowest BCUT2D eigenvalue weighted by Crippen LogP contribution is -2.32. The fourth-order valence-corrected chi connectivity index (χ4v) is 1.42. The van der Waals surface area contributed by atoms with Gasteiger partial charge in [0.1, 0.15) is 17.5 Å². The van der Waals surface area contributed by atoms with E-state index < -0.39 is 0 Å². The molecule has 0 spiro atoms. The Hall–Kier alpha value is -1.36. The van der Waals surface area contributed by atoms with Crippen molar-refractivity contribution in [1.82, 2.24) is 9.97 Å². The van der Waals surface area contributed by atoms with Crippen LogP contribution >= 0.6 is 0 Å². The summed E-state index contributed by atoms with van der Waals surface area (Å²) in [6, 6.07) is 1.96. The first kappa shape index (κ1) is 13.7. The summed E-state index contributed by atoms with van der Waals surface area (Å²) in [7, 11) is 1.92. The van der Waals surface area contributed by atoms with Gasteiger partial charge in [-0.2, -0.15) is 0 Å². The standard InChI is InChI=1S/C12H22N4O/c1-5-6-13-11-7-12(15-10(3)14-11)16(4)9(2)8-17/h7,9,17H,5-6,8H2,1-4H3,(H,13,14,15). The highest BCUT2D eigenvalue weighted by Crippen LogP contribution is 2.16. The molecule has 5 nitrogen and oxygen atoms in total. The lowest BCUT2D eigenvalue weighted by molar-refractivity contribution is 0.269. The molecule has 17 heavy (non-hydrogen) atoms. The normalized spacial score (nSPS) is 12.3. The molecule has 1 atom stereocenters. The minimum atomic E-state index is 0.0447. The van der Waals surface area contributed by atoms with Crippen LogP contribution in [0, 0.1) is 6.92 Å². The number of nitrogens with one attached hydrogen (secondary N) is 1. The van der Waals surface area contributed by atoms with Crippen LogP contribution in [0.2, 0.25) is 0 Å². The number of rotatable bonds is 6. The van der Waals surface area contributed by atoms with Crippen molar-refractivity contribution >= 4 is 11.6 Å². The Morgan fingerprint density at radius 2 is 2.18 bits per heavy atom. The molecule has 0 fully saturated rings. The maximum atomic E-state index is 9.15. The Bertz CT molecular complexity index is 356. The molecule has 1 aromatic rings. The van der Waals surface area contributed by atoms with E-state index in [-0.39, 0.29) is 12.6 Å². The Kier molecular flexibility index (Phi) is 5.15. The number of aryl methyl sites for hydroxylation is 1. The topological polar surface area (TPSA) is 61.3 Å². The molecule has 0 aromatic carbocycles. The molecular weight excluding hydrogens is 216 g/mol. The highest BCUT2D eigenvalue weighted by atomic mass is 16.3. The minimum absolute atomic E-state index is 0.0447. The number of aromatic nitrogens is 2. The van der Waals surface area contributed by atoms with Crippen LogP contribution in [-0.2, 0) is 0 Å². The summed E-state index contributed by atoms with van der Waals surface area (Å²) in [4.78, 5) is 10.7. The molecule has 0 aliphatic carbocycles. The third-order valence-corrected chi connectivity index (χ3v) is 2.67. The smallest absolute Gasteiger partial charge is 0.134 e. The molecule has 1 unspecified atom stereocenters. The van der Waals surface area contributed by atoms with Gasteiger partial charge < -0.3 is 15.3 Å². The van der Waals surface area contributed by atoms with Crippen LogP contribution in [0.15, 0.2) is 6.07 Å². The van der Waals surface area contributed by atoms with Gasteiger partial charge in [-0.25, -0.2) is 9.97 Å². The third kappa shape index (κ3) is 3.85. The third-order valence-electron chi connectivity index (χ3n) is 2.67. The molecule has 0 saturated heterocycles. The predicted octanol–water partition coefficient (Wildman–Crippen LogP) is 1.42. The largest absolute Gasteiger partial charge is 0.394 e. The van der Waals surface area contributed by atoms with E-state index in [0.29, 0.717) is 0 Å². The molecule has 0 amide bonds. The first-order valence-electron chi connectivity index (χ1n) is 6.01. The second-order valence-electron chi connectivity index (χ2n) is 4.23. The number of anilines is 2. The molecule has 96 valence electrons. The summed E-state index contributed by atoms with van der Waals surface area (Å²) in [5.41, 5.74) is 0. The average molecular weight is 238 g/mol. The SMILES string of the molecule is CCCNc1cc(N(C)C(C)CO)nc(C)n1. The first-order valence-corrected chi connectivity index (χ1v) is 6.01. The van der Waals surface area contributed by atoms with Crippen molar-refractivity contribution in [3.05, 3.63) is 11.9 Å².